The summed E-state index contributed by atoms with van der Waals surface area (Å²) in [5, 5.41) is 8.14. The number of rotatable bonds is 11. The monoisotopic (exact) mass is 701 g/mol. The molecule has 1 aliphatic heterocycles. The number of hydrogen-bond acceptors (Lipinski definition) is 7. The molecule has 12 nitrogen and oxygen atoms in total. The number of hydrogen-bond donors (Lipinski definition) is 4. The molecule has 4 atom stereocenters. The van der Waals surface area contributed by atoms with Crippen molar-refractivity contribution < 1.29 is 37.9 Å². The highest BCUT2D eigenvalue weighted by atomic mass is 19.1. The molecule has 2 saturated carbocycles. The van der Waals surface area contributed by atoms with Crippen molar-refractivity contribution in [3.8, 4) is 0 Å². The molecule has 1 saturated heterocycles. The minimum absolute atomic E-state index is 0.00660. The second-order valence-electron chi connectivity index (χ2n) is 15.6. The maximum Gasteiger partial charge on any atom is 0.332 e. The van der Waals surface area contributed by atoms with E-state index in [2.05, 4.69) is 22.9 Å². The highest BCUT2D eigenvalue weighted by Crippen LogP contribution is 2.34. The second kappa shape index (κ2) is 17.3. The number of carbonyl (C=O) groups is 6. The summed E-state index contributed by atoms with van der Waals surface area (Å²) in [5.41, 5.74) is 3.59. The summed E-state index contributed by atoms with van der Waals surface area (Å²) >= 11 is 0. The predicted molar refractivity (Wildman–Crippen MR) is 186 cm³/mol. The lowest BCUT2D eigenvalue weighted by atomic mass is 9.81. The van der Waals surface area contributed by atoms with Crippen LogP contribution in [0.2, 0.25) is 0 Å². The van der Waals surface area contributed by atoms with Crippen LogP contribution in [0.5, 0.6) is 0 Å². The van der Waals surface area contributed by atoms with Crippen LogP contribution in [0.15, 0.2) is 24.3 Å². The number of Topliss-reactive ketones (excluding diaryl/α,β-unsaturated/α-hetero) is 1. The molecular weight excluding hydrogens is 645 g/mol. The summed E-state index contributed by atoms with van der Waals surface area (Å²) in [6.45, 7) is 13.0. The van der Waals surface area contributed by atoms with Gasteiger partial charge < -0.3 is 31.3 Å². The van der Waals surface area contributed by atoms with Gasteiger partial charge in [0.2, 0.25) is 17.6 Å². The number of urea groups is 1. The smallest absolute Gasteiger partial charge is 0.332 e. The number of nitrogens with zero attached hydrogens (tertiary/aromatic N) is 1. The van der Waals surface area contributed by atoms with Crippen LogP contribution >= 0.6 is 0 Å². The molecule has 13 heteroatoms. The van der Waals surface area contributed by atoms with Crippen molar-refractivity contribution in [1.82, 2.24) is 20.9 Å². The molecule has 1 aromatic rings. The van der Waals surface area contributed by atoms with Gasteiger partial charge in [-0.25, -0.2) is 14.0 Å². The Morgan fingerprint density at radius 2 is 1.54 bits per heavy atom. The highest BCUT2D eigenvalue weighted by Gasteiger charge is 2.48. The van der Waals surface area contributed by atoms with Gasteiger partial charge in [0, 0.05) is 6.54 Å². The second-order valence-corrected chi connectivity index (χ2v) is 15.6. The van der Waals surface area contributed by atoms with E-state index >= 15 is 0 Å². The third-order valence-corrected chi connectivity index (χ3v) is 9.84. The minimum Gasteiger partial charge on any atom is -0.459 e. The Hall–Kier alpha value is -4.03. The molecule has 4 rings (SSSR count). The van der Waals surface area contributed by atoms with Gasteiger partial charge in [0.1, 0.15) is 30.0 Å². The molecule has 3 fully saturated rings. The molecule has 1 aromatic carbocycles. The molecule has 2 unspecified atom stereocenters. The molecule has 1 heterocycles. The number of ketones is 1. The van der Waals surface area contributed by atoms with Crippen LogP contribution < -0.4 is 21.7 Å². The van der Waals surface area contributed by atoms with E-state index in [1.807, 2.05) is 13.8 Å². The molecule has 50 heavy (non-hydrogen) atoms. The van der Waals surface area contributed by atoms with Gasteiger partial charge in [-0.05, 0) is 67.1 Å². The Morgan fingerprint density at radius 1 is 0.960 bits per heavy atom. The Labute approximate surface area is 295 Å². The number of nitrogens with two attached hydrogens (primary N) is 1. The van der Waals surface area contributed by atoms with E-state index in [4.69, 9.17) is 10.5 Å². The molecule has 278 valence electrons. The first-order valence-corrected chi connectivity index (χ1v) is 17.8. The number of amides is 5. The summed E-state index contributed by atoms with van der Waals surface area (Å²) in [6, 6.07) is 1.64. The average molecular weight is 702 g/mol. The first-order chi connectivity index (χ1) is 23.4. The Balaban J connectivity index is 0.00000157. The van der Waals surface area contributed by atoms with Gasteiger partial charge in [-0.1, -0.05) is 85.8 Å². The fourth-order valence-electron chi connectivity index (χ4n) is 6.44. The highest BCUT2D eigenvalue weighted by molar-refractivity contribution is 6.37. The van der Waals surface area contributed by atoms with E-state index < -0.39 is 70.4 Å². The first-order valence-electron chi connectivity index (χ1n) is 17.8. The zero-order chi connectivity index (χ0) is 37.4. The topological polar surface area (TPSA) is 177 Å². The van der Waals surface area contributed by atoms with Crippen LogP contribution in [0, 0.1) is 29.0 Å². The summed E-state index contributed by atoms with van der Waals surface area (Å²) in [4.78, 5) is 79.5. The molecular formula is C37H56FN5O7. The number of esters is 1. The minimum atomic E-state index is -1.31. The summed E-state index contributed by atoms with van der Waals surface area (Å²) < 4.78 is 18.9. The van der Waals surface area contributed by atoms with Crippen LogP contribution in [0.1, 0.15) is 105 Å². The molecule has 0 radical (unpaired) electrons. The SMILES string of the molecule is CC(NC(=O)[C@@H]1[C@@H](C(C)C)CCN1C(=O)C(NC(=O)NC1(C(=O)OCc2ccc(F)cc2)CCCCC1)C(C)(C)C)C(=O)C(N)=O.CC1CC1. The normalized spacial score (nSPS) is 21.2. The van der Waals surface area contributed by atoms with E-state index in [1.165, 1.54) is 48.9 Å². The molecule has 0 bridgehead atoms. The van der Waals surface area contributed by atoms with Gasteiger partial charge in [-0.3, -0.25) is 19.2 Å². The van der Waals surface area contributed by atoms with Gasteiger partial charge >= 0.3 is 12.0 Å². The van der Waals surface area contributed by atoms with Crippen molar-refractivity contribution in [1.29, 1.82) is 0 Å². The van der Waals surface area contributed by atoms with Crippen LogP contribution in [0.25, 0.3) is 0 Å². The Kier molecular flexibility index (Phi) is 13.9. The number of benzene rings is 1. The van der Waals surface area contributed by atoms with Crippen LogP contribution in [0.3, 0.4) is 0 Å². The van der Waals surface area contributed by atoms with E-state index in [1.54, 1.807) is 20.8 Å². The number of halogens is 1. The van der Waals surface area contributed by atoms with E-state index in [9.17, 15) is 33.2 Å². The third kappa shape index (κ3) is 11.0. The first kappa shape index (κ1) is 40.4. The Bertz CT molecular complexity index is 1380. The van der Waals surface area contributed by atoms with E-state index in [0.717, 1.165) is 12.3 Å². The largest absolute Gasteiger partial charge is 0.459 e. The molecule has 3 aliphatic rings. The fourth-order valence-corrected chi connectivity index (χ4v) is 6.44. The molecule has 0 spiro atoms. The summed E-state index contributed by atoms with van der Waals surface area (Å²) in [6.07, 6.45) is 6.45. The van der Waals surface area contributed by atoms with Crippen molar-refractivity contribution in [3.05, 3.63) is 35.6 Å². The van der Waals surface area contributed by atoms with Crippen molar-refractivity contribution in [2.24, 2.45) is 28.9 Å². The lowest BCUT2D eigenvalue weighted by molar-refractivity contribution is -0.154. The predicted octanol–water partition coefficient (Wildman–Crippen LogP) is 4.13. The quantitative estimate of drug-likeness (QED) is 0.198. The number of likely N-dealkylation sites (tertiary alicyclic amines) is 1. The van der Waals surface area contributed by atoms with Crippen LogP contribution in [-0.4, -0.2) is 70.6 Å². The zero-order valence-corrected chi connectivity index (χ0v) is 30.6. The standard InChI is InChI=1S/C33H48FN5O7.C4H8/c1-19(2)23-14-17-39(24(23)28(42)36-20(3)25(40)27(35)41)29(43)26(32(4,5)6)37-31(45)38-33(15-8-7-9-16-33)30(44)46-18-21-10-12-22(34)13-11-21;1-4-2-3-4/h10-13,19-20,23-24,26H,7-9,14-18H2,1-6H3,(H2,35,41)(H,36,42)(H2,37,38,45);4H,2-3H2,1H3/t20?,23-,24+,26?;/m1./s1. The van der Waals surface area contributed by atoms with Crippen LogP contribution in [-0.2, 0) is 35.3 Å². The molecule has 5 amide bonds. The number of primary amides is 1. The zero-order valence-electron chi connectivity index (χ0n) is 30.6. The van der Waals surface area contributed by atoms with Gasteiger partial charge in [0.05, 0.1) is 6.04 Å². The molecule has 5 N–H and O–H groups in total. The maximum absolute atomic E-state index is 14.2. The fraction of sp³-hybridized carbons (Fsp3) is 0.676. The van der Waals surface area contributed by atoms with Crippen molar-refractivity contribution >= 4 is 35.5 Å². The van der Waals surface area contributed by atoms with Gasteiger partial charge in [0.15, 0.2) is 0 Å². The van der Waals surface area contributed by atoms with Crippen molar-refractivity contribution in [2.45, 2.75) is 130 Å². The van der Waals surface area contributed by atoms with Gasteiger partial charge in [0.25, 0.3) is 5.91 Å². The van der Waals surface area contributed by atoms with E-state index in [0.29, 0.717) is 37.7 Å². The van der Waals surface area contributed by atoms with Gasteiger partial charge in [-0.2, -0.15) is 0 Å². The molecule has 0 aromatic heterocycles. The lowest BCUT2D eigenvalue weighted by Crippen LogP contribution is -2.64. The maximum atomic E-state index is 14.2. The van der Waals surface area contributed by atoms with Crippen molar-refractivity contribution in [3.63, 3.8) is 0 Å². The summed E-state index contributed by atoms with van der Waals surface area (Å²) in [5.74, 6) is -3.38. The van der Waals surface area contributed by atoms with Crippen LogP contribution in [0.4, 0.5) is 9.18 Å². The lowest BCUT2D eigenvalue weighted by Gasteiger charge is -2.39. The Morgan fingerprint density at radius 3 is 2.04 bits per heavy atom. The number of carbonyl (C=O) groups excluding carboxylic acids is 6. The molecule has 2 aliphatic carbocycles. The number of ether oxygens (including phenoxy) is 1. The average Bonchev–Trinajstić information content (AvgIpc) is 3.70. The third-order valence-electron chi connectivity index (χ3n) is 9.84. The van der Waals surface area contributed by atoms with E-state index in [-0.39, 0.29) is 25.0 Å². The summed E-state index contributed by atoms with van der Waals surface area (Å²) in [7, 11) is 0. The van der Waals surface area contributed by atoms with Crippen molar-refractivity contribution in [2.75, 3.05) is 6.54 Å². The number of nitrogens with one attached hydrogen (secondary N) is 3. The van der Waals surface area contributed by atoms with Gasteiger partial charge in [-0.15, -0.1) is 0 Å².